The number of hydrogen-bond acceptors (Lipinski definition) is 3. The van der Waals surface area contributed by atoms with E-state index in [2.05, 4.69) is 26.3 Å². The molecule has 0 radical (unpaired) electrons. The van der Waals surface area contributed by atoms with Crippen LogP contribution < -0.4 is 5.32 Å². The molecule has 1 saturated heterocycles. The van der Waals surface area contributed by atoms with Crippen molar-refractivity contribution in [3.05, 3.63) is 15.9 Å². The fourth-order valence-corrected chi connectivity index (χ4v) is 2.85. The highest BCUT2D eigenvalue weighted by molar-refractivity contribution is 9.10. The molecule has 5 heteroatoms. The average molecular weight is 316 g/mol. The summed E-state index contributed by atoms with van der Waals surface area (Å²) in [5.41, 5.74) is 2.13. The number of halogens is 1. The maximum Gasteiger partial charge on any atom is 0.0896 e. The van der Waals surface area contributed by atoms with Crippen LogP contribution in [0.4, 0.5) is 0 Å². The number of aromatic nitrogens is 2. The summed E-state index contributed by atoms with van der Waals surface area (Å²) in [6, 6.07) is 0.649. The Kier molecular flexibility index (Phi) is 5.21. The van der Waals surface area contributed by atoms with Gasteiger partial charge in [0, 0.05) is 19.7 Å². The Bertz CT molecular complexity index is 386. The van der Waals surface area contributed by atoms with Gasteiger partial charge in [0.2, 0.25) is 0 Å². The van der Waals surface area contributed by atoms with E-state index < -0.39 is 0 Å². The van der Waals surface area contributed by atoms with Crippen molar-refractivity contribution < 1.29 is 4.74 Å². The average Bonchev–Trinajstić information content (AvgIpc) is 2.61. The van der Waals surface area contributed by atoms with Crippen molar-refractivity contribution in [1.29, 1.82) is 0 Å². The first kappa shape index (κ1) is 14.0. The molecule has 1 unspecified atom stereocenters. The van der Waals surface area contributed by atoms with Crippen LogP contribution in [0.2, 0.25) is 0 Å². The van der Waals surface area contributed by atoms with Crippen LogP contribution in [0.3, 0.4) is 0 Å². The van der Waals surface area contributed by atoms with E-state index in [0.717, 1.165) is 35.4 Å². The number of hydrogen-bond donors (Lipinski definition) is 1. The van der Waals surface area contributed by atoms with Crippen LogP contribution >= 0.6 is 15.9 Å². The highest BCUT2D eigenvalue weighted by Crippen LogP contribution is 2.21. The Morgan fingerprint density at radius 3 is 2.94 bits per heavy atom. The molecule has 1 atom stereocenters. The lowest BCUT2D eigenvalue weighted by Gasteiger charge is -2.23. The van der Waals surface area contributed by atoms with Gasteiger partial charge >= 0.3 is 0 Å². The Morgan fingerprint density at radius 1 is 1.50 bits per heavy atom. The molecular formula is C13H22BrN3O. The fraction of sp³-hybridized carbons (Fsp3) is 0.769. The molecule has 1 aliphatic heterocycles. The largest absolute Gasteiger partial charge is 0.375 e. The van der Waals surface area contributed by atoms with Crippen LogP contribution in [0.15, 0.2) is 4.47 Å². The summed E-state index contributed by atoms with van der Waals surface area (Å²) in [7, 11) is 1.96. The van der Waals surface area contributed by atoms with Gasteiger partial charge in [-0.1, -0.05) is 6.42 Å². The molecule has 18 heavy (non-hydrogen) atoms. The molecule has 1 aromatic heterocycles. The third-order valence-corrected chi connectivity index (χ3v) is 4.55. The van der Waals surface area contributed by atoms with Crippen molar-refractivity contribution in [1.82, 2.24) is 15.1 Å². The number of piperidine rings is 1. The van der Waals surface area contributed by atoms with Crippen molar-refractivity contribution in [2.75, 3.05) is 13.2 Å². The smallest absolute Gasteiger partial charge is 0.0896 e. The molecule has 0 aliphatic carbocycles. The van der Waals surface area contributed by atoms with Crippen LogP contribution in [0.1, 0.15) is 37.1 Å². The number of ether oxygens (including phenoxy) is 1. The molecule has 1 aromatic rings. The van der Waals surface area contributed by atoms with Crippen LogP contribution in [-0.4, -0.2) is 29.0 Å². The summed E-state index contributed by atoms with van der Waals surface area (Å²) in [4.78, 5) is 0. The van der Waals surface area contributed by atoms with E-state index in [9.17, 15) is 0 Å². The van der Waals surface area contributed by atoms with Gasteiger partial charge in [0.25, 0.3) is 0 Å². The second-order valence-corrected chi connectivity index (χ2v) is 5.75. The fourth-order valence-electron chi connectivity index (χ4n) is 2.40. The quantitative estimate of drug-likeness (QED) is 0.849. The molecule has 2 rings (SSSR count). The molecule has 2 heterocycles. The summed E-state index contributed by atoms with van der Waals surface area (Å²) < 4.78 is 8.72. The van der Waals surface area contributed by atoms with Crippen LogP contribution in [0.25, 0.3) is 0 Å². The normalized spacial score (nSPS) is 20.3. The molecule has 0 aromatic carbocycles. The molecule has 0 bridgehead atoms. The zero-order valence-electron chi connectivity index (χ0n) is 11.2. The lowest BCUT2D eigenvalue weighted by molar-refractivity contribution is 0.103. The van der Waals surface area contributed by atoms with Gasteiger partial charge in [-0.05, 0) is 48.7 Å². The van der Waals surface area contributed by atoms with Crippen LogP contribution in [-0.2, 0) is 18.4 Å². The molecule has 1 fully saturated rings. The number of nitrogens with one attached hydrogen (secondary N) is 1. The van der Waals surface area contributed by atoms with Gasteiger partial charge in [-0.2, -0.15) is 5.10 Å². The standard InChI is InChI=1S/C13H22BrN3O/c1-10-13(14)12(17(2)16-10)9-18-8-6-11-5-3-4-7-15-11/h11,15H,3-9H2,1-2H3. The molecule has 1 aliphatic rings. The first-order valence-corrected chi connectivity index (χ1v) is 7.47. The van der Waals surface area contributed by atoms with Gasteiger partial charge < -0.3 is 10.1 Å². The van der Waals surface area contributed by atoms with Gasteiger partial charge in [-0.3, -0.25) is 4.68 Å². The van der Waals surface area contributed by atoms with Gasteiger partial charge in [0.1, 0.15) is 0 Å². The minimum absolute atomic E-state index is 0.630. The van der Waals surface area contributed by atoms with E-state index in [1.807, 2.05) is 18.7 Å². The first-order chi connectivity index (χ1) is 8.68. The highest BCUT2D eigenvalue weighted by atomic mass is 79.9. The lowest BCUT2D eigenvalue weighted by Crippen LogP contribution is -2.34. The van der Waals surface area contributed by atoms with E-state index in [1.165, 1.54) is 19.3 Å². The minimum atomic E-state index is 0.630. The van der Waals surface area contributed by atoms with Crippen molar-refractivity contribution in [3.8, 4) is 0 Å². The molecule has 0 saturated carbocycles. The summed E-state index contributed by atoms with van der Waals surface area (Å²) in [6.07, 6.45) is 5.06. The zero-order chi connectivity index (χ0) is 13.0. The Hall–Kier alpha value is -0.390. The SMILES string of the molecule is Cc1nn(C)c(COCCC2CCCCN2)c1Br. The van der Waals surface area contributed by atoms with E-state index in [0.29, 0.717) is 12.6 Å². The molecule has 0 spiro atoms. The maximum absolute atomic E-state index is 5.77. The highest BCUT2D eigenvalue weighted by Gasteiger charge is 2.13. The van der Waals surface area contributed by atoms with Gasteiger partial charge in [0.15, 0.2) is 0 Å². The summed E-state index contributed by atoms with van der Waals surface area (Å²) in [6.45, 7) is 4.61. The zero-order valence-corrected chi connectivity index (χ0v) is 12.8. The summed E-state index contributed by atoms with van der Waals surface area (Å²) in [5, 5.41) is 7.89. The van der Waals surface area contributed by atoms with Gasteiger partial charge in [-0.25, -0.2) is 0 Å². The third-order valence-electron chi connectivity index (χ3n) is 3.52. The molecule has 102 valence electrons. The Balaban J connectivity index is 1.71. The molecule has 4 nitrogen and oxygen atoms in total. The summed E-state index contributed by atoms with van der Waals surface area (Å²) in [5.74, 6) is 0. The number of aryl methyl sites for hydroxylation is 2. The minimum Gasteiger partial charge on any atom is -0.375 e. The second kappa shape index (κ2) is 6.68. The van der Waals surface area contributed by atoms with Crippen molar-refractivity contribution >= 4 is 15.9 Å². The van der Waals surface area contributed by atoms with E-state index >= 15 is 0 Å². The molecular weight excluding hydrogens is 294 g/mol. The van der Waals surface area contributed by atoms with Crippen LogP contribution in [0.5, 0.6) is 0 Å². The Labute approximate surface area is 117 Å². The van der Waals surface area contributed by atoms with Crippen molar-refractivity contribution in [2.24, 2.45) is 7.05 Å². The maximum atomic E-state index is 5.77. The van der Waals surface area contributed by atoms with E-state index in [4.69, 9.17) is 4.74 Å². The van der Waals surface area contributed by atoms with Gasteiger partial charge in [0.05, 0.1) is 22.5 Å². The van der Waals surface area contributed by atoms with Gasteiger partial charge in [-0.15, -0.1) is 0 Å². The topological polar surface area (TPSA) is 39.1 Å². The number of nitrogens with zero attached hydrogens (tertiary/aromatic N) is 2. The van der Waals surface area contributed by atoms with E-state index in [1.54, 1.807) is 0 Å². The van der Waals surface area contributed by atoms with E-state index in [-0.39, 0.29) is 0 Å². The summed E-state index contributed by atoms with van der Waals surface area (Å²) >= 11 is 3.55. The predicted molar refractivity (Wildman–Crippen MR) is 75.6 cm³/mol. The van der Waals surface area contributed by atoms with Crippen LogP contribution in [0, 0.1) is 6.92 Å². The monoisotopic (exact) mass is 315 g/mol. The molecule has 0 amide bonds. The third kappa shape index (κ3) is 3.56. The Morgan fingerprint density at radius 2 is 2.33 bits per heavy atom. The second-order valence-electron chi connectivity index (χ2n) is 4.96. The lowest BCUT2D eigenvalue weighted by atomic mass is 10.0. The molecule has 1 N–H and O–H groups in total. The predicted octanol–water partition coefficient (Wildman–Crippen LogP) is 2.54. The number of rotatable bonds is 5. The van der Waals surface area contributed by atoms with Crippen molar-refractivity contribution in [2.45, 2.75) is 45.3 Å². The first-order valence-electron chi connectivity index (χ1n) is 6.67. The van der Waals surface area contributed by atoms with Crippen molar-refractivity contribution in [3.63, 3.8) is 0 Å².